The molecule has 3 heterocycles. The van der Waals surface area contributed by atoms with Gasteiger partial charge in [-0.2, -0.15) is 5.10 Å². The molecule has 3 rings (SSSR count). The zero-order valence-electron chi connectivity index (χ0n) is 8.73. The molecule has 2 aromatic rings. The average molecular weight is 216 g/mol. The average Bonchev–Trinajstić information content (AvgIpc) is 2.90. The summed E-state index contributed by atoms with van der Waals surface area (Å²) in [7, 11) is 0. The van der Waals surface area contributed by atoms with Gasteiger partial charge in [0.2, 0.25) is 5.88 Å². The molecular formula is C11H12N4O. The number of nitrogens with one attached hydrogen (secondary N) is 2. The van der Waals surface area contributed by atoms with Crippen molar-refractivity contribution in [3.8, 4) is 5.88 Å². The van der Waals surface area contributed by atoms with Crippen molar-refractivity contribution in [3.05, 3.63) is 41.3 Å². The quantitative estimate of drug-likeness (QED) is 0.803. The number of hydrogen-bond acceptors (Lipinski definition) is 4. The van der Waals surface area contributed by atoms with Gasteiger partial charge in [0.1, 0.15) is 12.3 Å². The van der Waals surface area contributed by atoms with Gasteiger partial charge in [0.25, 0.3) is 0 Å². The topological polar surface area (TPSA) is 62.8 Å². The van der Waals surface area contributed by atoms with Crippen LogP contribution in [0, 0.1) is 0 Å². The molecule has 5 nitrogen and oxygen atoms in total. The van der Waals surface area contributed by atoms with Crippen LogP contribution in [0.2, 0.25) is 0 Å². The molecule has 0 unspecified atom stereocenters. The number of rotatable bonds is 3. The second-order valence-electron chi connectivity index (χ2n) is 3.69. The Hall–Kier alpha value is -1.88. The van der Waals surface area contributed by atoms with E-state index in [0.717, 1.165) is 18.8 Å². The molecule has 0 spiro atoms. The minimum Gasteiger partial charge on any atom is -0.471 e. The monoisotopic (exact) mass is 216 g/mol. The summed E-state index contributed by atoms with van der Waals surface area (Å²) in [4.78, 5) is 4.10. The predicted octanol–water partition coefficient (Wildman–Crippen LogP) is 0.987. The van der Waals surface area contributed by atoms with Crippen molar-refractivity contribution in [3.63, 3.8) is 0 Å². The van der Waals surface area contributed by atoms with Crippen LogP contribution in [0.3, 0.4) is 0 Å². The molecule has 0 bridgehead atoms. The molecule has 0 atom stereocenters. The summed E-state index contributed by atoms with van der Waals surface area (Å²) < 4.78 is 5.55. The molecule has 0 saturated heterocycles. The molecular weight excluding hydrogens is 204 g/mol. The van der Waals surface area contributed by atoms with Crippen molar-refractivity contribution in [1.29, 1.82) is 0 Å². The number of H-pyrrole nitrogens is 1. The molecule has 5 heteroatoms. The molecule has 0 aromatic carbocycles. The summed E-state index contributed by atoms with van der Waals surface area (Å²) in [5.74, 6) is 0.630. The van der Waals surface area contributed by atoms with Gasteiger partial charge in [0.15, 0.2) is 0 Å². The van der Waals surface area contributed by atoms with Crippen molar-refractivity contribution in [2.24, 2.45) is 0 Å². The largest absolute Gasteiger partial charge is 0.471 e. The van der Waals surface area contributed by atoms with Crippen LogP contribution in [-0.2, 0) is 19.7 Å². The maximum Gasteiger partial charge on any atom is 0.213 e. The summed E-state index contributed by atoms with van der Waals surface area (Å²) in [6, 6.07) is 5.60. The second kappa shape index (κ2) is 3.94. The van der Waals surface area contributed by atoms with Gasteiger partial charge in [-0.3, -0.25) is 5.10 Å². The van der Waals surface area contributed by atoms with E-state index in [-0.39, 0.29) is 0 Å². The smallest absolute Gasteiger partial charge is 0.213 e. The second-order valence-corrected chi connectivity index (χ2v) is 3.69. The van der Waals surface area contributed by atoms with Crippen molar-refractivity contribution in [2.75, 3.05) is 0 Å². The zero-order chi connectivity index (χ0) is 10.8. The van der Waals surface area contributed by atoms with E-state index in [4.69, 9.17) is 4.74 Å². The molecule has 0 saturated carbocycles. The van der Waals surface area contributed by atoms with Crippen molar-refractivity contribution >= 4 is 0 Å². The van der Waals surface area contributed by atoms with E-state index in [0.29, 0.717) is 12.5 Å². The lowest BCUT2D eigenvalue weighted by molar-refractivity contribution is 0.288. The van der Waals surface area contributed by atoms with Gasteiger partial charge in [-0.25, -0.2) is 4.98 Å². The van der Waals surface area contributed by atoms with Crippen LogP contribution < -0.4 is 10.1 Å². The maximum absolute atomic E-state index is 5.55. The minimum absolute atomic E-state index is 0.463. The molecule has 2 N–H and O–H groups in total. The van der Waals surface area contributed by atoms with Crippen LogP contribution in [-0.4, -0.2) is 15.2 Å². The molecule has 0 fully saturated rings. The Morgan fingerprint density at radius 2 is 2.31 bits per heavy atom. The molecule has 1 aliphatic heterocycles. The normalized spacial score (nSPS) is 13.8. The molecule has 0 radical (unpaired) electrons. The summed E-state index contributed by atoms with van der Waals surface area (Å²) in [5, 5.41) is 10.5. The zero-order valence-corrected chi connectivity index (χ0v) is 8.73. The predicted molar refractivity (Wildman–Crippen MR) is 57.7 cm³/mol. The Labute approximate surface area is 92.9 Å². The highest BCUT2D eigenvalue weighted by Gasteiger charge is 2.17. The van der Waals surface area contributed by atoms with Gasteiger partial charge in [-0.05, 0) is 6.07 Å². The van der Waals surface area contributed by atoms with Crippen LogP contribution in [0.25, 0.3) is 0 Å². The highest BCUT2D eigenvalue weighted by molar-refractivity contribution is 5.28. The highest BCUT2D eigenvalue weighted by atomic mass is 16.5. The van der Waals surface area contributed by atoms with E-state index < -0.39 is 0 Å². The number of pyridine rings is 1. The third-order valence-electron chi connectivity index (χ3n) is 2.64. The first kappa shape index (κ1) is 9.35. The number of aromatic nitrogens is 3. The van der Waals surface area contributed by atoms with E-state index in [1.54, 1.807) is 6.20 Å². The van der Waals surface area contributed by atoms with Gasteiger partial charge < -0.3 is 10.1 Å². The fraction of sp³-hybridized carbons (Fsp3) is 0.273. The number of fused-ring (bicyclic) bond motifs is 1. The Morgan fingerprint density at radius 1 is 1.31 bits per heavy atom. The lowest BCUT2D eigenvalue weighted by atomic mass is 10.2. The van der Waals surface area contributed by atoms with E-state index >= 15 is 0 Å². The first-order valence-electron chi connectivity index (χ1n) is 5.23. The molecule has 2 aromatic heterocycles. The van der Waals surface area contributed by atoms with Gasteiger partial charge >= 0.3 is 0 Å². The minimum atomic E-state index is 0.463. The SMILES string of the molecule is c1ccc(OCc2n[nH]c3c2CNC3)nc1. The van der Waals surface area contributed by atoms with E-state index in [9.17, 15) is 0 Å². The maximum atomic E-state index is 5.55. The molecule has 0 aliphatic carbocycles. The number of nitrogens with zero attached hydrogens (tertiary/aromatic N) is 2. The van der Waals surface area contributed by atoms with E-state index in [1.165, 1.54) is 11.3 Å². The number of ether oxygens (including phenoxy) is 1. The van der Waals surface area contributed by atoms with Crippen LogP contribution >= 0.6 is 0 Å². The molecule has 1 aliphatic rings. The highest BCUT2D eigenvalue weighted by Crippen LogP contribution is 2.17. The molecule has 82 valence electrons. The Bertz CT molecular complexity index is 480. The van der Waals surface area contributed by atoms with Gasteiger partial charge in [0, 0.05) is 30.9 Å². The molecule has 0 amide bonds. The first-order valence-corrected chi connectivity index (χ1v) is 5.23. The van der Waals surface area contributed by atoms with Crippen LogP contribution in [0.4, 0.5) is 0 Å². The number of aromatic amines is 1. The van der Waals surface area contributed by atoms with Crippen molar-refractivity contribution in [1.82, 2.24) is 20.5 Å². The Kier molecular flexibility index (Phi) is 2.30. The third-order valence-corrected chi connectivity index (χ3v) is 2.64. The van der Waals surface area contributed by atoms with Crippen LogP contribution in [0.5, 0.6) is 5.88 Å². The van der Waals surface area contributed by atoms with E-state index in [1.807, 2.05) is 18.2 Å². The lowest BCUT2D eigenvalue weighted by Crippen LogP contribution is -2.05. The van der Waals surface area contributed by atoms with E-state index in [2.05, 4.69) is 20.5 Å². The van der Waals surface area contributed by atoms with Crippen molar-refractivity contribution in [2.45, 2.75) is 19.7 Å². The summed E-state index contributed by atoms with van der Waals surface area (Å²) in [6.07, 6.45) is 1.71. The van der Waals surface area contributed by atoms with Gasteiger partial charge in [-0.15, -0.1) is 0 Å². The summed E-state index contributed by atoms with van der Waals surface area (Å²) >= 11 is 0. The van der Waals surface area contributed by atoms with Gasteiger partial charge in [-0.1, -0.05) is 6.07 Å². The summed E-state index contributed by atoms with van der Waals surface area (Å²) in [5.41, 5.74) is 3.36. The third kappa shape index (κ3) is 1.65. The fourth-order valence-electron chi connectivity index (χ4n) is 1.81. The van der Waals surface area contributed by atoms with Crippen LogP contribution in [0.1, 0.15) is 17.0 Å². The Morgan fingerprint density at radius 3 is 3.19 bits per heavy atom. The molecule has 16 heavy (non-hydrogen) atoms. The van der Waals surface area contributed by atoms with Crippen LogP contribution in [0.15, 0.2) is 24.4 Å². The lowest BCUT2D eigenvalue weighted by Gasteiger charge is -2.03. The first-order chi connectivity index (χ1) is 7.93. The fourth-order valence-corrected chi connectivity index (χ4v) is 1.81. The van der Waals surface area contributed by atoms with Gasteiger partial charge in [0.05, 0.1) is 5.69 Å². The van der Waals surface area contributed by atoms with Crippen molar-refractivity contribution < 1.29 is 4.74 Å². The summed E-state index contributed by atoms with van der Waals surface area (Å²) in [6.45, 7) is 2.20. The Balaban J connectivity index is 1.71. The number of hydrogen-bond donors (Lipinski definition) is 2. The standard InChI is InChI=1S/C11H12N4O/c1-2-4-13-11(3-1)16-7-10-8-5-12-6-9(8)14-15-10/h1-4,12H,5-7H2,(H,14,15).